The Balaban J connectivity index is 1.42. The van der Waals surface area contributed by atoms with Crippen molar-refractivity contribution in [3.8, 4) is 5.75 Å². The maximum Gasteiger partial charge on any atom is 0.335 e. The van der Waals surface area contributed by atoms with Crippen LogP contribution in [0.5, 0.6) is 5.75 Å². The number of rotatable bonds is 8. The molecule has 0 aliphatic carbocycles. The molecule has 4 rings (SSSR count). The highest BCUT2D eigenvalue weighted by Crippen LogP contribution is 2.35. The minimum Gasteiger partial charge on any atom is -0.487 e. The van der Waals surface area contributed by atoms with Crippen molar-refractivity contribution in [1.82, 2.24) is 5.32 Å². The van der Waals surface area contributed by atoms with Gasteiger partial charge in [0, 0.05) is 5.69 Å². The highest BCUT2D eigenvalue weighted by molar-refractivity contribution is 14.1. The van der Waals surface area contributed by atoms with Gasteiger partial charge in [-0.3, -0.25) is 4.79 Å². The topological polar surface area (TPSA) is 87.7 Å². The number of halogens is 2. The molecule has 3 aromatic carbocycles. The SMILES string of the molecule is CCc1ccc(N[C@@H]2NC(=O)/C(=C/c3cc(Br)c(OCc4ccc(C(=O)O)cc4)c(I)c3)S2)cc1. The summed E-state index contributed by atoms with van der Waals surface area (Å²) in [6.07, 6.45) is 2.85. The highest BCUT2D eigenvalue weighted by Gasteiger charge is 2.27. The van der Waals surface area contributed by atoms with E-state index in [1.807, 2.05) is 30.3 Å². The second-order valence-corrected chi connectivity index (χ2v) is 10.9. The van der Waals surface area contributed by atoms with Gasteiger partial charge in [-0.2, -0.15) is 0 Å². The van der Waals surface area contributed by atoms with Crippen LogP contribution in [0.1, 0.15) is 34.0 Å². The summed E-state index contributed by atoms with van der Waals surface area (Å²) in [7, 11) is 0. The molecule has 9 heteroatoms. The fourth-order valence-corrected chi connectivity index (χ4v) is 6.16. The molecule has 0 aromatic heterocycles. The summed E-state index contributed by atoms with van der Waals surface area (Å²) < 4.78 is 7.64. The van der Waals surface area contributed by atoms with Crippen molar-refractivity contribution in [3.05, 3.63) is 95.9 Å². The zero-order valence-electron chi connectivity index (χ0n) is 18.7. The molecule has 1 aliphatic heterocycles. The molecule has 1 amide bonds. The predicted octanol–water partition coefficient (Wildman–Crippen LogP) is 6.49. The van der Waals surface area contributed by atoms with Crippen LogP contribution in [-0.2, 0) is 17.8 Å². The first-order valence-electron chi connectivity index (χ1n) is 10.8. The lowest BCUT2D eigenvalue weighted by Gasteiger charge is -2.13. The van der Waals surface area contributed by atoms with Crippen LogP contribution in [-0.4, -0.2) is 22.5 Å². The predicted molar refractivity (Wildman–Crippen MR) is 152 cm³/mol. The van der Waals surface area contributed by atoms with Crippen LogP contribution >= 0.6 is 50.3 Å². The lowest BCUT2D eigenvalue weighted by atomic mass is 10.1. The summed E-state index contributed by atoms with van der Waals surface area (Å²) >= 11 is 7.22. The highest BCUT2D eigenvalue weighted by atomic mass is 127. The average molecular weight is 665 g/mol. The molecule has 1 fully saturated rings. The number of carbonyl (C=O) groups is 2. The fraction of sp³-hybridized carbons (Fsp3) is 0.154. The van der Waals surface area contributed by atoms with Crippen LogP contribution in [0.4, 0.5) is 5.69 Å². The molecule has 0 saturated carbocycles. The maximum absolute atomic E-state index is 12.5. The molecule has 1 atom stereocenters. The second kappa shape index (κ2) is 11.5. The molecule has 1 heterocycles. The van der Waals surface area contributed by atoms with Gasteiger partial charge in [-0.15, -0.1) is 0 Å². The number of nitrogens with one attached hydrogen (secondary N) is 2. The molecule has 0 radical (unpaired) electrons. The Kier molecular flexibility index (Phi) is 8.40. The lowest BCUT2D eigenvalue weighted by molar-refractivity contribution is -0.116. The normalized spacial score (nSPS) is 16.3. The number of carbonyl (C=O) groups excluding carboxylic acids is 1. The number of anilines is 1. The van der Waals surface area contributed by atoms with Gasteiger partial charge >= 0.3 is 5.97 Å². The summed E-state index contributed by atoms with van der Waals surface area (Å²) in [5.74, 6) is -0.385. The first-order chi connectivity index (χ1) is 16.8. The monoisotopic (exact) mass is 664 g/mol. The van der Waals surface area contributed by atoms with E-state index in [-0.39, 0.29) is 17.0 Å². The van der Waals surface area contributed by atoms with Crippen molar-refractivity contribution in [2.24, 2.45) is 0 Å². The third kappa shape index (κ3) is 6.59. The third-order valence-corrected chi connectivity index (χ3v) is 7.71. The molecular formula is C26H22BrIN2O4S. The fourth-order valence-electron chi connectivity index (χ4n) is 3.40. The quantitative estimate of drug-likeness (QED) is 0.189. The molecule has 35 heavy (non-hydrogen) atoms. The molecule has 3 N–H and O–H groups in total. The Morgan fingerprint density at radius 3 is 2.49 bits per heavy atom. The van der Waals surface area contributed by atoms with Crippen LogP contribution in [0.2, 0.25) is 0 Å². The number of carboxylic acids is 1. The molecule has 3 aromatic rings. The Bertz CT molecular complexity index is 1260. The number of benzene rings is 3. The van der Waals surface area contributed by atoms with E-state index in [1.54, 1.807) is 24.3 Å². The largest absolute Gasteiger partial charge is 0.487 e. The van der Waals surface area contributed by atoms with Gasteiger partial charge in [-0.25, -0.2) is 4.79 Å². The number of aryl methyl sites for hydroxylation is 1. The number of amides is 1. The Morgan fingerprint density at radius 1 is 1.17 bits per heavy atom. The summed E-state index contributed by atoms with van der Waals surface area (Å²) in [6, 6.07) is 18.7. The van der Waals surface area contributed by atoms with Crippen LogP contribution < -0.4 is 15.4 Å². The smallest absolute Gasteiger partial charge is 0.335 e. The van der Waals surface area contributed by atoms with Crippen molar-refractivity contribution in [2.75, 3.05) is 5.32 Å². The molecule has 180 valence electrons. The van der Waals surface area contributed by atoms with Crippen LogP contribution in [0, 0.1) is 3.57 Å². The van der Waals surface area contributed by atoms with Crippen molar-refractivity contribution in [1.29, 1.82) is 0 Å². The number of hydrogen-bond acceptors (Lipinski definition) is 5. The maximum atomic E-state index is 12.5. The van der Waals surface area contributed by atoms with Crippen LogP contribution in [0.3, 0.4) is 0 Å². The third-order valence-electron chi connectivity index (χ3n) is 5.29. The number of aromatic carboxylic acids is 1. The van der Waals surface area contributed by atoms with Gasteiger partial charge in [0.05, 0.1) is 18.5 Å². The number of thioether (sulfide) groups is 1. The minimum atomic E-state index is -0.957. The van der Waals surface area contributed by atoms with Crippen molar-refractivity contribution in [3.63, 3.8) is 0 Å². The molecule has 0 spiro atoms. The van der Waals surface area contributed by atoms with Gasteiger partial charge in [0.1, 0.15) is 12.4 Å². The zero-order chi connectivity index (χ0) is 24.9. The summed E-state index contributed by atoms with van der Waals surface area (Å²) in [4.78, 5) is 24.2. The Labute approximate surface area is 229 Å². The van der Waals surface area contributed by atoms with Gasteiger partial charge in [-0.1, -0.05) is 43.0 Å². The molecular weight excluding hydrogens is 643 g/mol. The lowest BCUT2D eigenvalue weighted by Crippen LogP contribution is -2.30. The summed E-state index contributed by atoms with van der Waals surface area (Å²) in [6.45, 7) is 2.42. The van der Waals surface area contributed by atoms with Gasteiger partial charge in [0.15, 0.2) is 5.50 Å². The number of hydrogen-bond donors (Lipinski definition) is 3. The van der Waals surface area contributed by atoms with Crippen molar-refractivity contribution < 1.29 is 19.4 Å². The second-order valence-electron chi connectivity index (χ2n) is 7.78. The summed E-state index contributed by atoms with van der Waals surface area (Å²) in [5, 5.41) is 15.3. The van der Waals surface area contributed by atoms with E-state index < -0.39 is 5.97 Å². The van der Waals surface area contributed by atoms with Gasteiger partial charge in [-0.05, 0) is 104 Å². The van der Waals surface area contributed by atoms with Gasteiger partial charge in [0.2, 0.25) is 0 Å². The van der Waals surface area contributed by atoms with Crippen molar-refractivity contribution in [2.45, 2.75) is 25.4 Å². The van der Waals surface area contributed by atoms with Crippen LogP contribution in [0.15, 0.2) is 70.0 Å². The number of carboxylic acid groups (broad SMARTS) is 1. The van der Waals surface area contributed by atoms with Crippen molar-refractivity contribution >= 4 is 73.9 Å². The first-order valence-corrected chi connectivity index (χ1v) is 13.6. The van der Waals surface area contributed by atoms with E-state index in [4.69, 9.17) is 9.84 Å². The van der Waals surface area contributed by atoms with Gasteiger partial charge < -0.3 is 20.5 Å². The number of ether oxygens (including phenoxy) is 1. The van der Waals surface area contributed by atoms with E-state index >= 15 is 0 Å². The van der Waals surface area contributed by atoms with Crippen LogP contribution in [0.25, 0.3) is 6.08 Å². The zero-order valence-corrected chi connectivity index (χ0v) is 23.2. The molecule has 6 nitrogen and oxygen atoms in total. The molecule has 0 bridgehead atoms. The minimum absolute atomic E-state index is 0.117. The first kappa shape index (κ1) is 25.6. The van der Waals surface area contributed by atoms with E-state index in [0.29, 0.717) is 17.3 Å². The summed E-state index contributed by atoms with van der Waals surface area (Å²) in [5.41, 5.74) is 3.97. The Morgan fingerprint density at radius 2 is 1.86 bits per heavy atom. The van der Waals surface area contributed by atoms with E-state index in [0.717, 1.165) is 31.3 Å². The Hall–Kier alpha value is -2.50. The van der Waals surface area contributed by atoms with E-state index in [1.165, 1.54) is 17.3 Å². The van der Waals surface area contributed by atoms with E-state index in [9.17, 15) is 9.59 Å². The standard InChI is InChI=1S/C26H22BrIN2O4S/c1-2-15-5-9-19(10-6-15)29-26-30-24(31)22(35-26)13-17-11-20(27)23(21(28)12-17)34-14-16-3-7-18(8-4-16)25(32)33/h3-13,26,29H,2,14H2,1H3,(H,30,31)(H,32,33)/b22-13-/t26-/m1/s1. The molecule has 1 aliphatic rings. The van der Waals surface area contributed by atoms with E-state index in [2.05, 4.69) is 68.2 Å². The molecule has 0 unspecified atom stereocenters. The average Bonchev–Trinajstić information content (AvgIpc) is 3.17. The van der Waals surface area contributed by atoms with Gasteiger partial charge in [0.25, 0.3) is 5.91 Å². The molecule has 1 saturated heterocycles.